The van der Waals surface area contributed by atoms with Crippen LogP contribution >= 0.6 is 0 Å². The minimum absolute atomic E-state index is 0.0909. The quantitative estimate of drug-likeness (QED) is 0.698. The van der Waals surface area contributed by atoms with Crippen LogP contribution in [-0.2, 0) is 14.3 Å². The molecule has 1 unspecified atom stereocenters. The molecule has 4 heteroatoms. The highest BCUT2D eigenvalue weighted by Crippen LogP contribution is 2.15. The molecule has 1 aliphatic rings. The molecule has 1 saturated heterocycles. The number of carbonyl (C=O) groups is 1. The molecule has 1 heterocycles. The fraction of sp³-hybridized carbons (Fsp3) is 0.917. The summed E-state index contributed by atoms with van der Waals surface area (Å²) in [6, 6.07) is 0. The van der Waals surface area contributed by atoms with Crippen molar-refractivity contribution in [2.24, 2.45) is 17.6 Å². The van der Waals surface area contributed by atoms with E-state index in [0.717, 1.165) is 32.5 Å². The Hall–Kier alpha value is -0.610. The van der Waals surface area contributed by atoms with Crippen molar-refractivity contribution in [1.82, 2.24) is 0 Å². The Kier molecular flexibility index (Phi) is 6.42. The van der Waals surface area contributed by atoms with Gasteiger partial charge in [0.1, 0.15) is 0 Å². The van der Waals surface area contributed by atoms with E-state index in [9.17, 15) is 4.79 Å². The Morgan fingerprint density at radius 3 is 2.81 bits per heavy atom. The Balaban J connectivity index is 2.05. The zero-order valence-electron chi connectivity index (χ0n) is 10.1. The highest BCUT2D eigenvalue weighted by molar-refractivity contribution is 5.69. The zero-order valence-corrected chi connectivity index (χ0v) is 10.1. The number of rotatable bonds is 6. The highest BCUT2D eigenvalue weighted by atomic mass is 16.5. The monoisotopic (exact) mass is 229 g/mol. The normalized spacial score (nSPS) is 19.4. The zero-order chi connectivity index (χ0) is 11.8. The van der Waals surface area contributed by atoms with Crippen molar-refractivity contribution in [3.63, 3.8) is 0 Å². The molecule has 0 amide bonds. The van der Waals surface area contributed by atoms with Crippen LogP contribution in [0.15, 0.2) is 0 Å². The molecule has 0 aliphatic carbocycles. The first-order valence-corrected chi connectivity index (χ1v) is 6.15. The summed E-state index contributed by atoms with van der Waals surface area (Å²) in [6.45, 7) is 4.83. The molecule has 2 N–H and O–H groups in total. The van der Waals surface area contributed by atoms with Crippen LogP contribution in [0, 0.1) is 11.8 Å². The van der Waals surface area contributed by atoms with Crippen molar-refractivity contribution in [3.8, 4) is 0 Å². The van der Waals surface area contributed by atoms with Gasteiger partial charge in [-0.05, 0) is 37.6 Å². The summed E-state index contributed by atoms with van der Waals surface area (Å²) in [5.74, 6) is 0.798. The van der Waals surface area contributed by atoms with E-state index >= 15 is 0 Å². The first-order chi connectivity index (χ1) is 7.72. The van der Waals surface area contributed by atoms with Gasteiger partial charge < -0.3 is 15.2 Å². The lowest BCUT2D eigenvalue weighted by Gasteiger charge is -2.21. The van der Waals surface area contributed by atoms with E-state index in [0.29, 0.717) is 31.4 Å². The fourth-order valence-electron chi connectivity index (χ4n) is 1.68. The lowest BCUT2D eigenvalue weighted by Crippen LogP contribution is -2.22. The minimum Gasteiger partial charge on any atom is -0.465 e. The molecule has 94 valence electrons. The van der Waals surface area contributed by atoms with Crippen molar-refractivity contribution in [2.75, 3.05) is 26.4 Å². The number of hydrogen-bond donors (Lipinski definition) is 1. The van der Waals surface area contributed by atoms with E-state index < -0.39 is 0 Å². The summed E-state index contributed by atoms with van der Waals surface area (Å²) in [5.41, 5.74) is 5.48. The number of hydrogen-bond acceptors (Lipinski definition) is 4. The standard InChI is InChI=1S/C12H23NO3/c1-10(8-13)2-3-12(14)16-9-11-4-6-15-7-5-11/h10-11H,2-9,13H2,1H3. The molecule has 0 bridgehead atoms. The average molecular weight is 229 g/mol. The molecule has 0 aromatic heterocycles. The molecule has 1 atom stereocenters. The van der Waals surface area contributed by atoms with Crippen LogP contribution in [0.5, 0.6) is 0 Å². The summed E-state index contributed by atoms with van der Waals surface area (Å²) < 4.78 is 10.5. The van der Waals surface area contributed by atoms with E-state index in [4.69, 9.17) is 15.2 Å². The second-order valence-corrected chi connectivity index (χ2v) is 4.62. The van der Waals surface area contributed by atoms with Gasteiger partial charge in [-0.2, -0.15) is 0 Å². The SMILES string of the molecule is CC(CN)CCC(=O)OCC1CCOCC1. The van der Waals surface area contributed by atoms with Gasteiger partial charge in [-0.3, -0.25) is 4.79 Å². The molecule has 1 rings (SSSR count). The molecule has 0 aromatic rings. The molecule has 4 nitrogen and oxygen atoms in total. The maximum absolute atomic E-state index is 11.4. The van der Waals surface area contributed by atoms with Gasteiger partial charge >= 0.3 is 5.97 Å². The molecular formula is C12H23NO3. The van der Waals surface area contributed by atoms with E-state index in [2.05, 4.69) is 0 Å². The summed E-state index contributed by atoms with van der Waals surface area (Å²) in [5, 5.41) is 0. The van der Waals surface area contributed by atoms with Crippen LogP contribution in [0.25, 0.3) is 0 Å². The molecule has 0 radical (unpaired) electrons. The molecule has 0 spiro atoms. The van der Waals surface area contributed by atoms with Crippen molar-refractivity contribution in [3.05, 3.63) is 0 Å². The maximum Gasteiger partial charge on any atom is 0.305 e. The van der Waals surface area contributed by atoms with Crippen molar-refractivity contribution in [1.29, 1.82) is 0 Å². The third-order valence-electron chi connectivity index (χ3n) is 3.06. The first-order valence-electron chi connectivity index (χ1n) is 6.15. The molecule has 0 aromatic carbocycles. The molecular weight excluding hydrogens is 206 g/mol. The lowest BCUT2D eigenvalue weighted by atomic mass is 10.0. The molecule has 1 fully saturated rings. The second kappa shape index (κ2) is 7.63. The first kappa shape index (κ1) is 13.5. The van der Waals surface area contributed by atoms with Gasteiger partial charge in [0.2, 0.25) is 0 Å². The smallest absolute Gasteiger partial charge is 0.305 e. The minimum atomic E-state index is -0.0909. The summed E-state index contributed by atoms with van der Waals surface area (Å²) in [7, 11) is 0. The van der Waals surface area contributed by atoms with Gasteiger partial charge in [-0.25, -0.2) is 0 Å². The van der Waals surface area contributed by atoms with Crippen LogP contribution in [0.2, 0.25) is 0 Å². The largest absolute Gasteiger partial charge is 0.465 e. The van der Waals surface area contributed by atoms with Gasteiger partial charge in [-0.15, -0.1) is 0 Å². The highest BCUT2D eigenvalue weighted by Gasteiger charge is 2.16. The Morgan fingerprint density at radius 2 is 2.19 bits per heavy atom. The lowest BCUT2D eigenvalue weighted by molar-refractivity contribution is -0.146. The predicted molar refractivity (Wildman–Crippen MR) is 62.0 cm³/mol. The van der Waals surface area contributed by atoms with Crippen molar-refractivity contribution >= 4 is 5.97 Å². The third kappa shape index (κ3) is 5.47. The second-order valence-electron chi connectivity index (χ2n) is 4.62. The number of ether oxygens (including phenoxy) is 2. The van der Waals surface area contributed by atoms with Gasteiger partial charge in [0.15, 0.2) is 0 Å². The van der Waals surface area contributed by atoms with Crippen LogP contribution < -0.4 is 5.73 Å². The Labute approximate surface area is 97.5 Å². The number of nitrogens with two attached hydrogens (primary N) is 1. The molecule has 0 saturated carbocycles. The topological polar surface area (TPSA) is 61.6 Å². The predicted octanol–water partition coefficient (Wildman–Crippen LogP) is 1.33. The summed E-state index contributed by atoms with van der Waals surface area (Å²) in [6.07, 6.45) is 3.32. The maximum atomic E-state index is 11.4. The van der Waals surface area contributed by atoms with E-state index in [1.165, 1.54) is 0 Å². The third-order valence-corrected chi connectivity index (χ3v) is 3.06. The molecule has 16 heavy (non-hydrogen) atoms. The Bertz CT molecular complexity index is 202. The van der Waals surface area contributed by atoms with Crippen LogP contribution in [0.4, 0.5) is 0 Å². The van der Waals surface area contributed by atoms with Crippen LogP contribution in [-0.4, -0.2) is 32.3 Å². The summed E-state index contributed by atoms with van der Waals surface area (Å²) in [4.78, 5) is 11.4. The average Bonchev–Trinajstić information content (AvgIpc) is 2.34. The van der Waals surface area contributed by atoms with E-state index in [-0.39, 0.29) is 5.97 Å². The van der Waals surface area contributed by atoms with Crippen LogP contribution in [0.1, 0.15) is 32.6 Å². The van der Waals surface area contributed by atoms with Gasteiger partial charge in [0.25, 0.3) is 0 Å². The van der Waals surface area contributed by atoms with E-state index in [1.807, 2.05) is 6.92 Å². The summed E-state index contributed by atoms with van der Waals surface area (Å²) >= 11 is 0. The van der Waals surface area contributed by atoms with Crippen LogP contribution in [0.3, 0.4) is 0 Å². The van der Waals surface area contributed by atoms with Crippen molar-refractivity contribution < 1.29 is 14.3 Å². The number of esters is 1. The van der Waals surface area contributed by atoms with Gasteiger partial charge in [-0.1, -0.05) is 6.92 Å². The van der Waals surface area contributed by atoms with Gasteiger partial charge in [0, 0.05) is 19.6 Å². The number of carbonyl (C=O) groups excluding carboxylic acids is 1. The Morgan fingerprint density at radius 1 is 1.50 bits per heavy atom. The van der Waals surface area contributed by atoms with Gasteiger partial charge in [0.05, 0.1) is 6.61 Å². The van der Waals surface area contributed by atoms with Crippen molar-refractivity contribution in [2.45, 2.75) is 32.6 Å². The van der Waals surface area contributed by atoms with E-state index in [1.54, 1.807) is 0 Å². The fourth-order valence-corrected chi connectivity index (χ4v) is 1.68. The molecule has 1 aliphatic heterocycles.